The average Bonchev–Trinajstić information content (AvgIpc) is 2.84. The molecule has 33 heavy (non-hydrogen) atoms. The summed E-state index contributed by atoms with van der Waals surface area (Å²) in [5.74, 6) is 0.543. The van der Waals surface area contributed by atoms with Crippen LogP contribution in [0.15, 0.2) is 60.7 Å². The molecule has 0 spiro atoms. The molecule has 0 heterocycles. The van der Waals surface area contributed by atoms with E-state index < -0.39 is 0 Å². The molecular weight excluding hydrogens is 404 g/mol. The minimum atomic E-state index is -0.107. The van der Waals surface area contributed by atoms with E-state index in [1.54, 1.807) is 0 Å². The normalized spacial score (nSPS) is 10.9. The van der Waals surface area contributed by atoms with Crippen molar-refractivity contribution >= 4 is 5.97 Å². The van der Waals surface area contributed by atoms with Crippen LogP contribution in [0.1, 0.15) is 115 Å². The molecule has 0 saturated heterocycles. The Hall–Kier alpha value is -2.09. The maximum absolute atomic E-state index is 11.8. The zero-order valence-corrected chi connectivity index (χ0v) is 20.8. The van der Waals surface area contributed by atoms with Crippen LogP contribution in [0, 0.1) is 0 Å². The lowest BCUT2D eigenvalue weighted by Gasteiger charge is -2.05. The first kappa shape index (κ1) is 27.2. The fourth-order valence-corrected chi connectivity index (χ4v) is 4.39. The average molecular weight is 451 g/mol. The zero-order valence-electron chi connectivity index (χ0n) is 20.8. The van der Waals surface area contributed by atoms with Crippen molar-refractivity contribution in [2.45, 2.75) is 116 Å². The van der Waals surface area contributed by atoms with Gasteiger partial charge in [-0.15, -0.1) is 0 Å². The first-order valence-electron chi connectivity index (χ1n) is 13.6. The van der Waals surface area contributed by atoms with Gasteiger partial charge in [-0.25, -0.2) is 0 Å². The second kappa shape index (κ2) is 19.4. The molecular formula is C31H46O2. The molecule has 2 nitrogen and oxygen atoms in total. The molecule has 0 aliphatic heterocycles. The van der Waals surface area contributed by atoms with Crippen LogP contribution < -0.4 is 4.74 Å². The summed E-state index contributed by atoms with van der Waals surface area (Å²) in [4.78, 5) is 11.8. The van der Waals surface area contributed by atoms with Crippen molar-refractivity contribution in [2.75, 3.05) is 0 Å². The fraction of sp³-hybridized carbons (Fsp3) is 0.581. The maximum Gasteiger partial charge on any atom is 0.311 e. The molecule has 0 fully saturated rings. The van der Waals surface area contributed by atoms with E-state index in [4.69, 9.17) is 4.74 Å². The molecule has 2 aromatic carbocycles. The Kier molecular flexibility index (Phi) is 16.0. The third-order valence-electron chi connectivity index (χ3n) is 6.41. The van der Waals surface area contributed by atoms with Crippen LogP contribution in [-0.2, 0) is 11.2 Å². The molecule has 0 radical (unpaired) electrons. The zero-order chi connectivity index (χ0) is 23.2. The number of benzene rings is 2. The van der Waals surface area contributed by atoms with Crippen LogP contribution in [-0.4, -0.2) is 5.97 Å². The first-order chi connectivity index (χ1) is 16.3. The van der Waals surface area contributed by atoms with Crippen LogP contribution in [0.25, 0.3) is 0 Å². The molecule has 0 unspecified atom stereocenters. The lowest BCUT2D eigenvalue weighted by molar-refractivity contribution is -0.134. The number of ether oxygens (including phenoxy) is 1. The Labute approximate surface area is 203 Å². The van der Waals surface area contributed by atoms with Crippen molar-refractivity contribution in [2.24, 2.45) is 0 Å². The lowest BCUT2D eigenvalue weighted by Crippen LogP contribution is -2.07. The topological polar surface area (TPSA) is 26.3 Å². The molecule has 0 aliphatic rings. The number of hydrogen-bond donors (Lipinski definition) is 0. The van der Waals surface area contributed by atoms with Gasteiger partial charge in [0.2, 0.25) is 0 Å². The second-order valence-electron chi connectivity index (χ2n) is 9.43. The molecule has 0 aromatic heterocycles. The summed E-state index contributed by atoms with van der Waals surface area (Å²) in [6, 6.07) is 20.2. The van der Waals surface area contributed by atoms with E-state index in [2.05, 4.69) is 30.3 Å². The number of esters is 1. The van der Waals surface area contributed by atoms with E-state index in [1.807, 2.05) is 30.3 Å². The molecule has 0 amide bonds. The third-order valence-corrected chi connectivity index (χ3v) is 6.41. The van der Waals surface area contributed by atoms with Gasteiger partial charge in [-0.2, -0.15) is 0 Å². The van der Waals surface area contributed by atoms with E-state index in [0.29, 0.717) is 12.2 Å². The molecule has 0 bridgehead atoms. The van der Waals surface area contributed by atoms with Crippen LogP contribution in [0.2, 0.25) is 0 Å². The highest BCUT2D eigenvalue weighted by Gasteiger charge is 2.04. The molecule has 0 N–H and O–H groups in total. The van der Waals surface area contributed by atoms with Gasteiger partial charge in [-0.1, -0.05) is 138 Å². The quantitative estimate of drug-likeness (QED) is 0.114. The summed E-state index contributed by atoms with van der Waals surface area (Å²) >= 11 is 0. The van der Waals surface area contributed by atoms with Crippen molar-refractivity contribution in [3.05, 3.63) is 66.2 Å². The van der Waals surface area contributed by atoms with Crippen molar-refractivity contribution < 1.29 is 9.53 Å². The standard InChI is InChI=1S/C31H46O2/c32-31(33-30-26-20-16-21-27-30)28-22-14-12-10-8-6-4-2-1-3-5-7-9-11-13-17-23-29-24-18-15-19-25-29/h15-16,18-21,24-27H,1-14,17,22-23,28H2. The summed E-state index contributed by atoms with van der Waals surface area (Å²) in [7, 11) is 0. The van der Waals surface area contributed by atoms with Crippen LogP contribution in [0.4, 0.5) is 0 Å². The van der Waals surface area contributed by atoms with Gasteiger partial charge in [-0.05, 0) is 37.0 Å². The molecule has 182 valence electrons. The largest absolute Gasteiger partial charge is 0.427 e. The summed E-state index contributed by atoms with van der Waals surface area (Å²) in [5, 5.41) is 0. The Bertz CT molecular complexity index is 695. The van der Waals surface area contributed by atoms with E-state index in [1.165, 1.54) is 102 Å². The second-order valence-corrected chi connectivity index (χ2v) is 9.43. The van der Waals surface area contributed by atoms with Crippen molar-refractivity contribution in [3.8, 4) is 5.75 Å². The van der Waals surface area contributed by atoms with Crippen molar-refractivity contribution in [1.82, 2.24) is 0 Å². The van der Waals surface area contributed by atoms with Crippen molar-refractivity contribution in [3.63, 3.8) is 0 Å². The Morgan fingerprint density at radius 3 is 1.36 bits per heavy atom. The van der Waals surface area contributed by atoms with E-state index >= 15 is 0 Å². The van der Waals surface area contributed by atoms with Gasteiger partial charge in [0.05, 0.1) is 0 Å². The van der Waals surface area contributed by atoms with E-state index in [0.717, 1.165) is 12.8 Å². The van der Waals surface area contributed by atoms with Gasteiger partial charge in [0, 0.05) is 6.42 Å². The SMILES string of the molecule is O=C(CCCCCCCCCCCCCCCCCCc1ccccc1)Oc1ccccc1. The number of carbonyl (C=O) groups excluding carboxylic acids is 1. The molecule has 2 rings (SSSR count). The van der Waals surface area contributed by atoms with Gasteiger partial charge in [0.1, 0.15) is 5.75 Å². The summed E-state index contributed by atoms with van der Waals surface area (Å²) < 4.78 is 5.32. The Morgan fingerprint density at radius 2 is 0.879 bits per heavy atom. The van der Waals surface area contributed by atoms with Gasteiger partial charge in [-0.3, -0.25) is 4.79 Å². The smallest absolute Gasteiger partial charge is 0.311 e. The molecule has 0 aliphatic carbocycles. The number of unbranched alkanes of at least 4 members (excludes halogenated alkanes) is 15. The summed E-state index contributed by atoms with van der Waals surface area (Å²) in [6.07, 6.45) is 23.1. The molecule has 2 aromatic rings. The molecule has 0 atom stereocenters. The van der Waals surface area contributed by atoms with Crippen LogP contribution in [0.3, 0.4) is 0 Å². The highest BCUT2D eigenvalue weighted by molar-refractivity contribution is 5.72. The van der Waals surface area contributed by atoms with Crippen molar-refractivity contribution in [1.29, 1.82) is 0 Å². The minimum Gasteiger partial charge on any atom is -0.427 e. The number of rotatable bonds is 20. The van der Waals surface area contributed by atoms with Gasteiger partial charge < -0.3 is 4.74 Å². The van der Waals surface area contributed by atoms with E-state index in [-0.39, 0.29) is 5.97 Å². The maximum atomic E-state index is 11.8. The molecule has 2 heteroatoms. The van der Waals surface area contributed by atoms with Crippen LogP contribution in [0.5, 0.6) is 5.75 Å². The third kappa shape index (κ3) is 15.4. The monoisotopic (exact) mass is 450 g/mol. The first-order valence-corrected chi connectivity index (χ1v) is 13.6. The lowest BCUT2D eigenvalue weighted by atomic mass is 10.0. The van der Waals surface area contributed by atoms with Gasteiger partial charge in [0.25, 0.3) is 0 Å². The predicted molar refractivity (Wildman–Crippen MR) is 141 cm³/mol. The fourth-order valence-electron chi connectivity index (χ4n) is 4.39. The number of carbonyl (C=O) groups is 1. The van der Waals surface area contributed by atoms with Crippen LogP contribution >= 0.6 is 0 Å². The minimum absolute atomic E-state index is 0.107. The highest BCUT2D eigenvalue weighted by Crippen LogP contribution is 2.15. The highest BCUT2D eigenvalue weighted by atomic mass is 16.5. The number of aryl methyl sites for hydroxylation is 1. The van der Waals surface area contributed by atoms with E-state index in [9.17, 15) is 4.79 Å². The molecule has 0 saturated carbocycles. The summed E-state index contributed by atoms with van der Waals surface area (Å²) in [6.45, 7) is 0. The Morgan fingerprint density at radius 1 is 0.485 bits per heavy atom. The number of para-hydroxylation sites is 1. The summed E-state index contributed by atoms with van der Waals surface area (Å²) in [5.41, 5.74) is 1.48. The number of hydrogen-bond acceptors (Lipinski definition) is 2. The Balaban J connectivity index is 1.24. The predicted octanol–water partition coefficient (Wildman–Crippen LogP) is 9.47. The van der Waals surface area contributed by atoms with Gasteiger partial charge in [0.15, 0.2) is 0 Å². The van der Waals surface area contributed by atoms with Gasteiger partial charge >= 0.3 is 5.97 Å².